The van der Waals surface area contributed by atoms with Gasteiger partial charge in [0.15, 0.2) is 0 Å². The normalized spacial score (nSPS) is 10.7. The predicted octanol–water partition coefficient (Wildman–Crippen LogP) is 3.85. The minimum absolute atomic E-state index is 0.335. The molecule has 5 heteroatoms. The van der Waals surface area contributed by atoms with E-state index in [-0.39, 0.29) is 0 Å². The van der Waals surface area contributed by atoms with Gasteiger partial charge in [0, 0.05) is 12.2 Å². The molecule has 0 aliphatic carbocycles. The zero-order valence-electron chi connectivity index (χ0n) is 12.9. The number of nitrogens with zero attached hydrogens (tertiary/aromatic N) is 2. The number of aromatic nitrogens is 2. The van der Waals surface area contributed by atoms with Crippen LogP contribution in [0.15, 0.2) is 59.1 Å². The molecule has 0 saturated carbocycles. The second-order valence-corrected chi connectivity index (χ2v) is 4.95. The van der Waals surface area contributed by atoms with Crippen molar-refractivity contribution in [2.24, 2.45) is 0 Å². The van der Waals surface area contributed by atoms with Crippen molar-refractivity contribution >= 4 is 0 Å². The summed E-state index contributed by atoms with van der Waals surface area (Å²) in [6.45, 7) is 3.42. The smallest absolute Gasteiger partial charge is 0.252 e. The first-order chi connectivity index (χ1) is 11.3. The van der Waals surface area contributed by atoms with Gasteiger partial charge >= 0.3 is 0 Å². The van der Waals surface area contributed by atoms with E-state index in [2.05, 4.69) is 10.1 Å². The van der Waals surface area contributed by atoms with E-state index < -0.39 is 0 Å². The Morgan fingerprint density at radius 2 is 1.74 bits per heavy atom. The van der Waals surface area contributed by atoms with Crippen molar-refractivity contribution in [1.29, 1.82) is 0 Å². The maximum Gasteiger partial charge on any atom is 0.252 e. The highest BCUT2D eigenvalue weighted by atomic mass is 16.5. The molecule has 5 nitrogen and oxygen atoms in total. The Morgan fingerprint density at radius 1 is 0.957 bits per heavy atom. The lowest BCUT2D eigenvalue weighted by Crippen LogP contribution is -1.95. The lowest BCUT2D eigenvalue weighted by molar-refractivity contribution is 0.109. The van der Waals surface area contributed by atoms with Crippen LogP contribution in [-0.2, 0) is 18.0 Å². The molecule has 118 valence electrons. The largest absolute Gasteiger partial charge is 0.489 e. The van der Waals surface area contributed by atoms with Crippen LogP contribution < -0.4 is 4.74 Å². The van der Waals surface area contributed by atoms with Crippen molar-refractivity contribution in [3.8, 4) is 17.1 Å². The summed E-state index contributed by atoms with van der Waals surface area (Å²) >= 11 is 0. The van der Waals surface area contributed by atoms with Crippen LogP contribution in [0.3, 0.4) is 0 Å². The zero-order chi connectivity index (χ0) is 15.9. The molecule has 0 aliphatic heterocycles. The molecule has 0 fully saturated rings. The van der Waals surface area contributed by atoms with Crippen LogP contribution in [-0.4, -0.2) is 16.7 Å². The molecule has 3 aromatic rings. The fraction of sp³-hybridized carbons (Fsp3) is 0.222. The van der Waals surface area contributed by atoms with E-state index in [0.29, 0.717) is 31.5 Å². The maximum atomic E-state index is 5.76. The summed E-state index contributed by atoms with van der Waals surface area (Å²) in [5, 5.41) is 3.96. The quantitative estimate of drug-likeness (QED) is 0.663. The average Bonchev–Trinajstić information content (AvgIpc) is 3.08. The van der Waals surface area contributed by atoms with Gasteiger partial charge in [0.25, 0.3) is 5.89 Å². The van der Waals surface area contributed by atoms with E-state index >= 15 is 0 Å². The summed E-state index contributed by atoms with van der Waals surface area (Å²) in [5.41, 5.74) is 2.01. The third-order valence-electron chi connectivity index (χ3n) is 3.26. The summed E-state index contributed by atoms with van der Waals surface area (Å²) < 4.78 is 16.1. The molecule has 3 rings (SSSR count). The fourth-order valence-corrected chi connectivity index (χ4v) is 2.06. The van der Waals surface area contributed by atoms with Crippen molar-refractivity contribution in [3.63, 3.8) is 0 Å². The minimum Gasteiger partial charge on any atom is -0.489 e. The number of benzene rings is 2. The lowest BCUT2D eigenvalue weighted by atomic mass is 10.2. The molecule has 23 heavy (non-hydrogen) atoms. The Labute approximate surface area is 134 Å². The van der Waals surface area contributed by atoms with E-state index in [1.54, 1.807) is 0 Å². The molecule has 0 unspecified atom stereocenters. The van der Waals surface area contributed by atoms with Gasteiger partial charge < -0.3 is 14.0 Å². The first-order valence-corrected chi connectivity index (χ1v) is 7.52. The third kappa shape index (κ3) is 4.17. The highest BCUT2D eigenvalue weighted by molar-refractivity contribution is 5.55. The van der Waals surface area contributed by atoms with Crippen molar-refractivity contribution in [3.05, 3.63) is 66.1 Å². The molecule has 0 spiro atoms. The van der Waals surface area contributed by atoms with E-state index in [9.17, 15) is 0 Å². The first-order valence-electron chi connectivity index (χ1n) is 7.52. The molecule has 0 radical (unpaired) electrons. The minimum atomic E-state index is 0.335. The van der Waals surface area contributed by atoms with Crippen LogP contribution in [0.1, 0.15) is 18.4 Å². The standard InChI is InChI=1S/C18H18N2O3/c1-2-21-13-17-19-18(20-23-17)15-8-10-16(11-9-15)22-12-14-6-4-3-5-7-14/h3-11H,2,12-13H2,1H3. The van der Waals surface area contributed by atoms with Gasteiger partial charge in [-0.3, -0.25) is 0 Å². The Kier molecular flexibility index (Phi) is 5.01. The van der Waals surface area contributed by atoms with Gasteiger partial charge in [-0.1, -0.05) is 35.5 Å². The van der Waals surface area contributed by atoms with Gasteiger partial charge in [-0.2, -0.15) is 4.98 Å². The zero-order valence-corrected chi connectivity index (χ0v) is 12.9. The average molecular weight is 310 g/mol. The topological polar surface area (TPSA) is 57.4 Å². The van der Waals surface area contributed by atoms with Gasteiger partial charge in [0.1, 0.15) is 19.0 Å². The highest BCUT2D eigenvalue weighted by Gasteiger charge is 2.08. The highest BCUT2D eigenvalue weighted by Crippen LogP contribution is 2.21. The first kappa shape index (κ1) is 15.2. The van der Waals surface area contributed by atoms with Crippen LogP contribution in [0.4, 0.5) is 0 Å². The Hall–Kier alpha value is -2.66. The van der Waals surface area contributed by atoms with Gasteiger partial charge in [0.05, 0.1) is 0 Å². The molecule has 1 aromatic heterocycles. The molecule has 0 atom stereocenters. The van der Waals surface area contributed by atoms with Gasteiger partial charge in [-0.05, 0) is 36.8 Å². The SMILES string of the molecule is CCOCc1nc(-c2ccc(OCc3ccccc3)cc2)no1. The summed E-state index contributed by atoms with van der Waals surface area (Å²) in [5.74, 6) is 1.83. The lowest BCUT2D eigenvalue weighted by Gasteiger charge is -2.06. The molecule has 1 heterocycles. The molecule has 0 aliphatic rings. The summed E-state index contributed by atoms with van der Waals surface area (Å²) in [4.78, 5) is 4.30. The Morgan fingerprint density at radius 3 is 2.48 bits per heavy atom. The number of ether oxygens (including phenoxy) is 2. The van der Waals surface area contributed by atoms with Gasteiger partial charge in [-0.25, -0.2) is 0 Å². The van der Waals surface area contributed by atoms with Gasteiger partial charge in [0.2, 0.25) is 5.82 Å². The van der Waals surface area contributed by atoms with Crippen molar-refractivity contribution < 1.29 is 14.0 Å². The Balaban J connectivity index is 1.61. The van der Waals surface area contributed by atoms with Crippen LogP contribution in [0.2, 0.25) is 0 Å². The summed E-state index contributed by atoms with van der Waals surface area (Å²) in [6, 6.07) is 17.7. The second-order valence-electron chi connectivity index (χ2n) is 4.95. The maximum absolute atomic E-state index is 5.76. The third-order valence-corrected chi connectivity index (χ3v) is 3.26. The molecule has 0 amide bonds. The van der Waals surface area contributed by atoms with Crippen LogP contribution in [0.25, 0.3) is 11.4 Å². The predicted molar refractivity (Wildman–Crippen MR) is 85.8 cm³/mol. The molecular formula is C18H18N2O3. The van der Waals surface area contributed by atoms with Crippen LogP contribution >= 0.6 is 0 Å². The molecular weight excluding hydrogens is 292 g/mol. The van der Waals surface area contributed by atoms with Crippen LogP contribution in [0.5, 0.6) is 5.75 Å². The molecule has 0 N–H and O–H groups in total. The summed E-state index contributed by atoms with van der Waals surface area (Å²) in [6.07, 6.45) is 0. The van der Waals surface area contributed by atoms with Crippen molar-refractivity contribution in [2.45, 2.75) is 20.1 Å². The van der Waals surface area contributed by atoms with Gasteiger partial charge in [-0.15, -0.1) is 0 Å². The van der Waals surface area contributed by atoms with E-state index in [1.165, 1.54) is 0 Å². The molecule has 0 bridgehead atoms. The monoisotopic (exact) mass is 310 g/mol. The van der Waals surface area contributed by atoms with Crippen molar-refractivity contribution in [2.75, 3.05) is 6.61 Å². The van der Waals surface area contributed by atoms with E-state index in [1.807, 2.05) is 61.5 Å². The number of rotatable bonds is 7. The fourth-order valence-electron chi connectivity index (χ4n) is 2.06. The molecule has 0 saturated heterocycles. The summed E-state index contributed by atoms with van der Waals surface area (Å²) in [7, 11) is 0. The van der Waals surface area contributed by atoms with Crippen molar-refractivity contribution in [1.82, 2.24) is 10.1 Å². The second kappa shape index (κ2) is 7.56. The van der Waals surface area contributed by atoms with E-state index in [4.69, 9.17) is 14.0 Å². The Bertz CT molecular complexity index is 724. The number of hydrogen-bond donors (Lipinski definition) is 0. The molecule has 2 aromatic carbocycles. The van der Waals surface area contributed by atoms with E-state index in [0.717, 1.165) is 16.9 Å². The van der Waals surface area contributed by atoms with Crippen LogP contribution in [0, 0.1) is 0 Å². The number of hydrogen-bond acceptors (Lipinski definition) is 5.